The molecule has 0 radical (unpaired) electrons. The monoisotopic (exact) mass is 254 g/mol. The van der Waals surface area contributed by atoms with Gasteiger partial charge < -0.3 is 15.3 Å². The van der Waals surface area contributed by atoms with E-state index >= 15 is 0 Å². The first-order valence-corrected chi connectivity index (χ1v) is 6.03. The minimum absolute atomic E-state index is 0.519. The number of nitrogens with zero attached hydrogens (tertiary/aromatic N) is 4. The molecule has 3 aromatic rings. The van der Waals surface area contributed by atoms with Gasteiger partial charge in [-0.15, -0.1) is 0 Å². The van der Waals surface area contributed by atoms with Crippen molar-refractivity contribution in [3.63, 3.8) is 0 Å². The molecule has 3 heterocycles. The van der Waals surface area contributed by atoms with E-state index in [1.165, 1.54) is 0 Å². The summed E-state index contributed by atoms with van der Waals surface area (Å²) in [4.78, 5) is 15.6. The highest BCUT2D eigenvalue weighted by Gasteiger charge is 2.06. The molecule has 0 aliphatic carbocycles. The van der Waals surface area contributed by atoms with Crippen LogP contribution in [-0.4, -0.2) is 24.5 Å². The average Bonchev–Trinajstić information content (AvgIpc) is 3.08. The SMILES string of the molecule is Nc1ccc(-c2cncn2CCc2ncc[nH]2)cn1. The van der Waals surface area contributed by atoms with Crippen LogP contribution in [0.1, 0.15) is 5.82 Å². The van der Waals surface area contributed by atoms with Gasteiger partial charge in [0.1, 0.15) is 11.6 Å². The number of rotatable bonds is 4. The van der Waals surface area contributed by atoms with Crippen LogP contribution in [0.3, 0.4) is 0 Å². The van der Waals surface area contributed by atoms with Gasteiger partial charge in [-0.1, -0.05) is 0 Å². The Labute approximate surface area is 110 Å². The van der Waals surface area contributed by atoms with Crippen LogP contribution in [-0.2, 0) is 13.0 Å². The fourth-order valence-electron chi connectivity index (χ4n) is 1.96. The van der Waals surface area contributed by atoms with Gasteiger partial charge in [0, 0.05) is 37.1 Å². The van der Waals surface area contributed by atoms with Crippen LogP contribution in [0.5, 0.6) is 0 Å². The normalized spacial score (nSPS) is 10.7. The van der Waals surface area contributed by atoms with Crippen molar-refractivity contribution in [1.29, 1.82) is 0 Å². The molecule has 0 bridgehead atoms. The predicted octanol–water partition coefficient (Wildman–Crippen LogP) is 1.49. The van der Waals surface area contributed by atoms with E-state index in [1.54, 1.807) is 18.5 Å². The summed E-state index contributed by atoms with van der Waals surface area (Å²) in [6.45, 7) is 0.813. The molecule has 0 aromatic carbocycles. The molecule has 0 aliphatic heterocycles. The molecule has 19 heavy (non-hydrogen) atoms. The minimum atomic E-state index is 0.519. The zero-order valence-electron chi connectivity index (χ0n) is 10.3. The van der Waals surface area contributed by atoms with E-state index in [-0.39, 0.29) is 0 Å². The Kier molecular flexibility index (Phi) is 2.97. The van der Waals surface area contributed by atoms with Gasteiger partial charge in [0.2, 0.25) is 0 Å². The van der Waals surface area contributed by atoms with Gasteiger partial charge in [0.25, 0.3) is 0 Å². The van der Waals surface area contributed by atoms with Gasteiger partial charge in [0.05, 0.1) is 18.2 Å². The number of H-pyrrole nitrogens is 1. The molecule has 3 N–H and O–H groups in total. The molecule has 0 aliphatic rings. The smallest absolute Gasteiger partial charge is 0.123 e. The lowest BCUT2D eigenvalue weighted by Gasteiger charge is -2.07. The number of aryl methyl sites for hydroxylation is 2. The molecule has 0 saturated heterocycles. The molecule has 0 atom stereocenters. The molecular weight excluding hydrogens is 240 g/mol. The summed E-state index contributed by atoms with van der Waals surface area (Å²) in [5.41, 5.74) is 7.63. The van der Waals surface area contributed by atoms with Crippen LogP contribution in [0.4, 0.5) is 5.82 Å². The van der Waals surface area contributed by atoms with Crippen LogP contribution in [0, 0.1) is 0 Å². The molecule has 6 heteroatoms. The van der Waals surface area contributed by atoms with Crippen molar-refractivity contribution in [2.45, 2.75) is 13.0 Å². The number of anilines is 1. The maximum Gasteiger partial charge on any atom is 0.123 e. The van der Waals surface area contributed by atoms with Gasteiger partial charge in [-0.05, 0) is 12.1 Å². The summed E-state index contributed by atoms with van der Waals surface area (Å²) < 4.78 is 2.08. The third-order valence-electron chi connectivity index (χ3n) is 2.94. The van der Waals surface area contributed by atoms with Gasteiger partial charge in [0.15, 0.2) is 0 Å². The molecule has 0 unspecified atom stereocenters. The Balaban J connectivity index is 1.80. The van der Waals surface area contributed by atoms with E-state index in [1.807, 2.05) is 24.8 Å². The number of nitrogens with one attached hydrogen (secondary N) is 1. The second-order valence-electron chi connectivity index (χ2n) is 4.23. The van der Waals surface area contributed by atoms with Gasteiger partial charge >= 0.3 is 0 Å². The second-order valence-corrected chi connectivity index (χ2v) is 4.23. The summed E-state index contributed by atoms with van der Waals surface area (Å²) in [5.74, 6) is 1.49. The molecule has 0 fully saturated rings. The van der Waals surface area contributed by atoms with Crippen LogP contribution < -0.4 is 5.73 Å². The quantitative estimate of drug-likeness (QED) is 0.738. The first-order valence-electron chi connectivity index (χ1n) is 6.03. The highest BCUT2D eigenvalue weighted by molar-refractivity contribution is 5.59. The third kappa shape index (κ3) is 2.47. The molecule has 0 saturated carbocycles. The van der Waals surface area contributed by atoms with Crippen LogP contribution >= 0.6 is 0 Å². The number of hydrogen-bond acceptors (Lipinski definition) is 4. The number of nitrogens with two attached hydrogens (primary N) is 1. The zero-order valence-corrected chi connectivity index (χ0v) is 10.3. The van der Waals surface area contributed by atoms with Crippen LogP contribution in [0.25, 0.3) is 11.3 Å². The standard InChI is InChI=1S/C13H14N6/c14-12-2-1-10(7-18-12)11-8-15-9-19(11)6-3-13-16-4-5-17-13/h1-2,4-5,7-9H,3,6H2,(H2,14,18)(H,16,17). The van der Waals surface area contributed by atoms with Crippen molar-refractivity contribution in [3.8, 4) is 11.3 Å². The van der Waals surface area contributed by atoms with Crippen molar-refractivity contribution in [2.75, 3.05) is 5.73 Å². The van der Waals surface area contributed by atoms with Crippen molar-refractivity contribution < 1.29 is 0 Å². The van der Waals surface area contributed by atoms with Gasteiger partial charge in [-0.25, -0.2) is 15.0 Å². The third-order valence-corrected chi connectivity index (χ3v) is 2.94. The predicted molar refractivity (Wildman–Crippen MR) is 72.2 cm³/mol. The molecular formula is C13H14N6. The summed E-state index contributed by atoms with van der Waals surface area (Å²) in [6, 6.07) is 3.74. The van der Waals surface area contributed by atoms with Crippen molar-refractivity contribution in [2.24, 2.45) is 0 Å². The summed E-state index contributed by atoms with van der Waals surface area (Å²) in [7, 11) is 0. The van der Waals surface area contributed by atoms with E-state index in [2.05, 4.69) is 24.5 Å². The topological polar surface area (TPSA) is 85.4 Å². The van der Waals surface area contributed by atoms with E-state index in [0.717, 1.165) is 30.0 Å². The largest absolute Gasteiger partial charge is 0.384 e. The molecule has 6 nitrogen and oxygen atoms in total. The van der Waals surface area contributed by atoms with E-state index < -0.39 is 0 Å². The summed E-state index contributed by atoms with van der Waals surface area (Å²) in [6.07, 6.45) is 9.82. The lowest BCUT2D eigenvalue weighted by molar-refractivity contribution is 0.681. The number of hydrogen-bond donors (Lipinski definition) is 2. The molecule has 0 amide bonds. The van der Waals surface area contributed by atoms with Crippen LogP contribution in [0.15, 0.2) is 43.2 Å². The zero-order chi connectivity index (χ0) is 13.1. The molecule has 3 rings (SSSR count). The molecule has 0 spiro atoms. The van der Waals surface area contributed by atoms with Crippen molar-refractivity contribution in [3.05, 3.63) is 49.1 Å². The summed E-state index contributed by atoms with van der Waals surface area (Å²) in [5, 5.41) is 0. The van der Waals surface area contributed by atoms with Crippen molar-refractivity contribution in [1.82, 2.24) is 24.5 Å². The number of imidazole rings is 2. The Hall–Kier alpha value is -2.63. The molecule has 3 aromatic heterocycles. The minimum Gasteiger partial charge on any atom is -0.384 e. The van der Waals surface area contributed by atoms with E-state index in [4.69, 9.17) is 5.73 Å². The van der Waals surface area contributed by atoms with Crippen LogP contribution in [0.2, 0.25) is 0 Å². The second kappa shape index (κ2) is 4.93. The number of nitrogen functional groups attached to an aromatic ring is 1. The highest BCUT2D eigenvalue weighted by Crippen LogP contribution is 2.18. The Morgan fingerprint density at radius 2 is 2.16 bits per heavy atom. The average molecular weight is 254 g/mol. The Morgan fingerprint density at radius 3 is 2.89 bits per heavy atom. The Bertz CT molecular complexity index is 638. The summed E-state index contributed by atoms with van der Waals surface area (Å²) >= 11 is 0. The van der Waals surface area contributed by atoms with Gasteiger partial charge in [-0.2, -0.15) is 0 Å². The number of aromatic amines is 1. The van der Waals surface area contributed by atoms with E-state index in [9.17, 15) is 0 Å². The van der Waals surface area contributed by atoms with E-state index in [0.29, 0.717) is 5.82 Å². The Morgan fingerprint density at radius 1 is 1.21 bits per heavy atom. The number of pyridine rings is 1. The first kappa shape index (κ1) is 11.5. The fraction of sp³-hybridized carbons (Fsp3) is 0.154. The fourth-order valence-corrected chi connectivity index (χ4v) is 1.96. The number of aromatic nitrogens is 5. The molecule has 96 valence electrons. The highest BCUT2D eigenvalue weighted by atomic mass is 15.0. The first-order chi connectivity index (χ1) is 9.33. The lowest BCUT2D eigenvalue weighted by atomic mass is 10.2. The lowest BCUT2D eigenvalue weighted by Crippen LogP contribution is -2.03. The maximum atomic E-state index is 5.60. The maximum absolute atomic E-state index is 5.60. The van der Waals surface area contributed by atoms with Gasteiger partial charge in [-0.3, -0.25) is 0 Å². The van der Waals surface area contributed by atoms with Crippen molar-refractivity contribution >= 4 is 5.82 Å².